The van der Waals surface area contributed by atoms with E-state index in [1.54, 1.807) is 65.3 Å². The molecule has 38 heavy (non-hydrogen) atoms. The first-order valence-electron chi connectivity index (χ1n) is 12.5. The Balaban J connectivity index is 1.35. The van der Waals surface area contributed by atoms with E-state index < -0.39 is 0 Å². The molecule has 0 atom stereocenters. The van der Waals surface area contributed by atoms with E-state index in [4.69, 9.17) is 4.74 Å². The average Bonchev–Trinajstić information content (AvgIpc) is 2.94. The summed E-state index contributed by atoms with van der Waals surface area (Å²) in [7, 11) is 0. The van der Waals surface area contributed by atoms with Gasteiger partial charge < -0.3 is 25.2 Å². The lowest BCUT2D eigenvalue weighted by atomic mass is 10.1. The summed E-state index contributed by atoms with van der Waals surface area (Å²) in [6.45, 7) is 3.56. The third-order valence-corrected chi connectivity index (χ3v) is 6.14. The SMILES string of the molecule is CCOC(=O)N1CCN(C(=O)c2ccccc2NC(=O)c2ccc(NC(=O)Cc3ccccc3)cc2)CC1. The third kappa shape index (κ3) is 6.76. The number of nitrogens with one attached hydrogen (secondary N) is 2. The van der Waals surface area contributed by atoms with Crippen molar-refractivity contribution in [3.8, 4) is 0 Å². The highest BCUT2D eigenvalue weighted by molar-refractivity contribution is 6.09. The molecule has 1 aliphatic heterocycles. The van der Waals surface area contributed by atoms with Gasteiger partial charge in [-0.3, -0.25) is 14.4 Å². The maximum absolute atomic E-state index is 13.2. The first-order chi connectivity index (χ1) is 18.4. The molecule has 1 saturated heterocycles. The van der Waals surface area contributed by atoms with Gasteiger partial charge in [-0.15, -0.1) is 0 Å². The number of carbonyl (C=O) groups excluding carboxylic acids is 4. The van der Waals surface area contributed by atoms with Crippen LogP contribution in [0, 0.1) is 0 Å². The Labute approximate surface area is 221 Å². The second kappa shape index (κ2) is 12.5. The number of nitrogens with zero attached hydrogens (tertiary/aromatic N) is 2. The van der Waals surface area contributed by atoms with Gasteiger partial charge in [0.2, 0.25) is 5.91 Å². The molecule has 3 aromatic carbocycles. The van der Waals surface area contributed by atoms with Crippen molar-refractivity contribution < 1.29 is 23.9 Å². The van der Waals surface area contributed by atoms with Crippen molar-refractivity contribution in [2.24, 2.45) is 0 Å². The quantitative estimate of drug-likeness (QED) is 0.495. The second-order valence-corrected chi connectivity index (χ2v) is 8.77. The highest BCUT2D eigenvalue weighted by atomic mass is 16.6. The molecular formula is C29H30N4O5. The Hall–Kier alpha value is -4.66. The molecule has 1 heterocycles. The topological polar surface area (TPSA) is 108 Å². The molecule has 0 radical (unpaired) electrons. The van der Waals surface area contributed by atoms with Crippen molar-refractivity contribution in [2.75, 3.05) is 43.4 Å². The van der Waals surface area contributed by atoms with Gasteiger partial charge in [0.05, 0.1) is 24.3 Å². The van der Waals surface area contributed by atoms with E-state index in [2.05, 4.69) is 10.6 Å². The molecule has 9 nitrogen and oxygen atoms in total. The van der Waals surface area contributed by atoms with E-state index in [9.17, 15) is 19.2 Å². The zero-order valence-corrected chi connectivity index (χ0v) is 21.2. The average molecular weight is 515 g/mol. The number of rotatable bonds is 7. The minimum atomic E-state index is -0.381. The van der Waals surface area contributed by atoms with Crippen LogP contribution in [0.5, 0.6) is 0 Å². The lowest BCUT2D eigenvalue weighted by Crippen LogP contribution is -2.50. The molecule has 9 heteroatoms. The number of anilines is 2. The molecule has 196 valence electrons. The smallest absolute Gasteiger partial charge is 0.409 e. The standard InChI is InChI=1S/C29H30N4O5/c1-2-38-29(37)33-18-16-32(17-19-33)28(36)24-10-6-7-11-25(24)31-27(35)22-12-14-23(15-13-22)30-26(34)20-21-8-4-3-5-9-21/h3-15H,2,16-20H2,1H3,(H,30,34)(H,31,35). The summed E-state index contributed by atoms with van der Waals surface area (Å²) in [5.41, 5.74) is 2.65. The van der Waals surface area contributed by atoms with Crippen LogP contribution in [0.15, 0.2) is 78.9 Å². The molecule has 0 unspecified atom stereocenters. The van der Waals surface area contributed by atoms with Crippen LogP contribution in [0.2, 0.25) is 0 Å². The Morgan fingerprint density at radius 3 is 2.08 bits per heavy atom. The number of piperazine rings is 1. The van der Waals surface area contributed by atoms with Crippen LogP contribution < -0.4 is 10.6 Å². The minimum Gasteiger partial charge on any atom is -0.450 e. The maximum atomic E-state index is 13.2. The molecule has 0 aliphatic carbocycles. The fourth-order valence-corrected chi connectivity index (χ4v) is 4.14. The fourth-order valence-electron chi connectivity index (χ4n) is 4.14. The number of benzene rings is 3. The lowest BCUT2D eigenvalue weighted by molar-refractivity contribution is -0.115. The molecule has 0 saturated carbocycles. The molecule has 1 aliphatic rings. The zero-order chi connectivity index (χ0) is 26.9. The predicted molar refractivity (Wildman–Crippen MR) is 144 cm³/mol. The molecule has 0 bridgehead atoms. The van der Waals surface area contributed by atoms with Gasteiger partial charge in [0.25, 0.3) is 11.8 Å². The second-order valence-electron chi connectivity index (χ2n) is 8.77. The Kier molecular flexibility index (Phi) is 8.71. The summed E-state index contributed by atoms with van der Waals surface area (Å²) in [5, 5.41) is 5.66. The van der Waals surface area contributed by atoms with Gasteiger partial charge in [-0.2, -0.15) is 0 Å². The third-order valence-electron chi connectivity index (χ3n) is 6.14. The highest BCUT2D eigenvalue weighted by Crippen LogP contribution is 2.20. The van der Waals surface area contributed by atoms with Crippen molar-refractivity contribution in [2.45, 2.75) is 13.3 Å². The van der Waals surface area contributed by atoms with E-state index in [1.807, 2.05) is 30.3 Å². The van der Waals surface area contributed by atoms with Crippen LogP contribution >= 0.6 is 0 Å². The molecule has 4 amide bonds. The predicted octanol–water partition coefficient (Wildman–Crippen LogP) is 4.03. The van der Waals surface area contributed by atoms with Crippen molar-refractivity contribution >= 4 is 35.2 Å². The van der Waals surface area contributed by atoms with Crippen LogP contribution in [0.4, 0.5) is 16.2 Å². The van der Waals surface area contributed by atoms with Gasteiger partial charge in [-0.05, 0) is 48.9 Å². The van der Waals surface area contributed by atoms with E-state index in [-0.39, 0.29) is 30.2 Å². The number of hydrogen-bond donors (Lipinski definition) is 2. The zero-order valence-electron chi connectivity index (χ0n) is 21.2. The summed E-state index contributed by atoms with van der Waals surface area (Å²) in [5.74, 6) is -0.746. The van der Waals surface area contributed by atoms with Crippen LogP contribution in [-0.4, -0.2) is 66.4 Å². The first-order valence-corrected chi connectivity index (χ1v) is 12.5. The number of ether oxygens (including phenoxy) is 1. The number of amides is 4. The fraction of sp³-hybridized carbons (Fsp3) is 0.241. The first kappa shape index (κ1) is 26.4. The van der Waals surface area contributed by atoms with Gasteiger partial charge in [0, 0.05) is 37.4 Å². The summed E-state index contributed by atoms with van der Waals surface area (Å²) in [6, 6.07) is 22.8. The van der Waals surface area contributed by atoms with E-state index in [0.29, 0.717) is 55.3 Å². The maximum Gasteiger partial charge on any atom is 0.409 e. The lowest BCUT2D eigenvalue weighted by Gasteiger charge is -2.34. The molecule has 2 N–H and O–H groups in total. The molecule has 3 aromatic rings. The van der Waals surface area contributed by atoms with Gasteiger partial charge in [0.15, 0.2) is 0 Å². The largest absolute Gasteiger partial charge is 0.450 e. The normalized spacial score (nSPS) is 13.0. The van der Waals surface area contributed by atoms with Gasteiger partial charge >= 0.3 is 6.09 Å². The van der Waals surface area contributed by atoms with Crippen LogP contribution in [0.25, 0.3) is 0 Å². The number of hydrogen-bond acceptors (Lipinski definition) is 5. The number of carbonyl (C=O) groups is 4. The van der Waals surface area contributed by atoms with Crippen LogP contribution in [-0.2, 0) is 16.0 Å². The molecule has 0 spiro atoms. The Morgan fingerprint density at radius 1 is 0.763 bits per heavy atom. The Bertz CT molecular complexity index is 1290. The van der Waals surface area contributed by atoms with Gasteiger partial charge in [-0.1, -0.05) is 42.5 Å². The van der Waals surface area contributed by atoms with E-state index in [0.717, 1.165) is 5.56 Å². The van der Waals surface area contributed by atoms with Crippen molar-refractivity contribution in [3.63, 3.8) is 0 Å². The van der Waals surface area contributed by atoms with Crippen molar-refractivity contribution in [3.05, 3.63) is 95.6 Å². The summed E-state index contributed by atoms with van der Waals surface area (Å²) in [4.78, 5) is 53.6. The van der Waals surface area contributed by atoms with E-state index >= 15 is 0 Å². The summed E-state index contributed by atoms with van der Waals surface area (Å²) in [6.07, 6.45) is -0.125. The van der Waals surface area contributed by atoms with Crippen molar-refractivity contribution in [1.29, 1.82) is 0 Å². The van der Waals surface area contributed by atoms with Crippen LogP contribution in [0.1, 0.15) is 33.2 Å². The monoisotopic (exact) mass is 514 g/mol. The Morgan fingerprint density at radius 2 is 1.39 bits per heavy atom. The van der Waals surface area contributed by atoms with Crippen LogP contribution in [0.3, 0.4) is 0 Å². The number of para-hydroxylation sites is 1. The molecule has 0 aromatic heterocycles. The van der Waals surface area contributed by atoms with Gasteiger partial charge in [-0.25, -0.2) is 4.79 Å². The molecule has 4 rings (SSSR count). The summed E-state index contributed by atoms with van der Waals surface area (Å²) < 4.78 is 5.03. The van der Waals surface area contributed by atoms with E-state index in [1.165, 1.54) is 0 Å². The summed E-state index contributed by atoms with van der Waals surface area (Å²) >= 11 is 0. The highest BCUT2D eigenvalue weighted by Gasteiger charge is 2.27. The minimum absolute atomic E-state index is 0.149. The van der Waals surface area contributed by atoms with Gasteiger partial charge in [0.1, 0.15) is 0 Å². The van der Waals surface area contributed by atoms with Crippen molar-refractivity contribution in [1.82, 2.24) is 9.80 Å². The molecular weight excluding hydrogens is 484 g/mol. The molecule has 1 fully saturated rings.